The van der Waals surface area contributed by atoms with Crippen LogP contribution >= 0.6 is 0 Å². The van der Waals surface area contributed by atoms with Crippen molar-refractivity contribution in [3.05, 3.63) is 64.4 Å². The van der Waals surface area contributed by atoms with Gasteiger partial charge in [-0.25, -0.2) is 0 Å². The second-order valence-corrected chi connectivity index (χ2v) is 5.51. The molecular weight excluding hydrogens is 320 g/mol. The SMILES string of the molecule is COc1c(OC=O)c(=O)n(C)c2cc(NCc3ccccc3)ccc12. The van der Waals surface area contributed by atoms with Gasteiger partial charge in [-0.3, -0.25) is 9.59 Å². The van der Waals surface area contributed by atoms with E-state index in [0.29, 0.717) is 17.4 Å². The maximum atomic E-state index is 12.4. The minimum atomic E-state index is -0.434. The quantitative estimate of drug-likeness (QED) is 0.700. The first-order valence-electron chi connectivity index (χ1n) is 7.74. The molecule has 0 saturated carbocycles. The van der Waals surface area contributed by atoms with Crippen LogP contribution in [0.2, 0.25) is 0 Å². The molecule has 1 N–H and O–H groups in total. The van der Waals surface area contributed by atoms with Crippen LogP contribution in [-0.4, -0.2) is 18.1 Å². The average Bonchev–Trinajstić information content (AvgIpc) is 2.65. The molecular formula is C19H18N2O4. The van der Waals surface area contributed by atoms with Gasteiger partial charge in [-0.15, -0.1) is 0 Å². The Balaban J connectivity index is 2.02. The van der Waals surface area contributed by atoms with Gasteiger partial charge < -0.3 is 19.4 Å². The molecule has 0 unspecified atom stereocenters. The molecule has 25 heavy (non-hydrogen) atoms. The van der Waals surface area contributed by atoms with Gasteiger partial charge in [-0.2, -0.15) is 0 Å². The number of ether oxygens (including phenoxy) is 2. The minimum absolute atomic E-state index is 0.113. The third kappa shape index (κ3) is 3.19. The Bertz CT molecular complexity index is 965. The fourth-order valence-corrected chi connectivity index (χ4v) is 2.75. The predicted molar refractivity (Wildman–Crippen MR) is 96.2 cm³/mol. The topological polar surface area (TPSA) is 69.6 Å². The number of nitrogens with one attached hydrogen (secondary N) is 1. The number of carbonyl (C=O) groups excluding carboxylic acids is 1. The molecule has 0 bridgehead atoms. The first-order chi connectivity index (χ1) is 12.2. The highest BCUT2D eigenvalue weighted by Crippen LogP contribution is 2.33. The van der Waals surface area contributed by atoms with Crippen molar-refractivity contribution in [2.75, 3.05) is 12.4 Å². The van der Waals surface area contributed by atoms with Gasteiger partial charge in [-0.05, 0) is 23.8 Å². The highest BCUT2D eigenvalue weighted by atomic mass is 16.5. The molecule has 0 aliphatic carbocycles. The fraction of sp³-hybridized carbons (Fsp3) is 0.158. The molecule has 0 radical (unpaired) electrons. The van der Waals surface area contributed by atoms with Crippen LogP contribution in [0.4, 0.5) is 5.69 Å². The van der Waals surface area contributed by atoms with E-state index in [9.17, 15) is 9.59 Å². The van der Waals surface area contributed by atoms with E-state index in [1.165, 1.54) is 11.7 Å². The number of anilines is 1. The molecule has 1 aromatic heterocycles. The summed E-state index contributed by atoms with van der Waals surface area (Å²) in [6.45, 7) is 0.893. The number of aryl methyl sites for hydroxylation is 1. The Hall–Kier alpha value is -3.28. The van der Waals surface area contributed by atoms with Crippen molar-refractivity contribution in [2.24, 2.45) is 7.05 Å². The van der Waals surface area contributed by atoms with Crippen LogP contribution in [0.5, 0.6) is 11.5 Å². The molecule has 3 rings (SSSR count). The number of pyridine rings is 1. The van der Waals surface area contributed by atoms with E-state index in [1.54, 1.807) is 7.05 Å². The second-order valence-electron chi connectivity index (χ2n) is 5.51. The zero-order valence-electron chi connectivity index (χ0n) is 14.0. The van der Waals surface area contributed by atoms with E-state index >= 15 is 0 Å². The average molecular weight is 338 g/mol. The molecule has 0 spiro atoms. The van der Waals surface area contributed by atoms with Crippen molar-refractivity contribution in [3.63, 3.8) is 0 Å². The Morgan fingerprint density at radius 3 is 2.56 bits per heavy atom. The second kappa shape index (κ2) is 7.09. The van der Waals surface area contributed by atoms with Gasteiger partial charge in [0.05, 0.1) is 12.6 Å². The lowest BCUT2D eigenvalue weighted by atomic mass is 10.1. The number of nitrogens with zero attached hydrogens (tertiary/aromatic N) is 1. The number of aromatic nitrogens is 1. The number of hydrogen-bond donors (Lipinski definition) is 1. The third-order valence-electron chi connectivity index (χ3n) is 4.02. The van der Waals surface area contributed by atoms with Gasteiger partial charge in [0.25, 0.3) is 12.0 Å². The van der Waals surface area contributed by atoms with Crippen molar-refractivity contribution in [1.29, 1.82) is 0 Å². The number of rotatable bonds is 6. The number of carbonyl (C=O) groups is 1. The van der Waals surface area contributed by atoms with Gasteiger partial charge in [0.1, 0.15) is 0 Å². The van der Waals surface area contributed by atoms with E-state index in [2.05, 4.69) is 5.32 Å². The number of fused-ring (bicyclic) bond motifs is 1. The molecule has 0 amide bonds. The van der Waals surface area contributed by atoms with Crippen LogP contribution in [0.3, 0.4) is 0 Å². The van der Waals surface area contributed by atoms with Gasteiger partial charge in [0.15, 0.2) is 5.75 Å². The monoisotopic (exact) mass is 338 g/mol. The summed E-state index contributed by atoms with van der Waals surface area (Å²) in [6, 6.07) is 15.6. The van der Waals surface area contributed by atoms with Crippen LogP contribution in [0.25, 0.3) is 10.9 Å². The first kappa shape index (κ1) is 16.6. The summed E-state index contributed by atoms with van der Waals surface area (Å²) >= 11 is 0. The van der Waals surface area contributed by atoms with E-state index in [0.717, 1.165) is 11.3 Å². The van der Waals surface area contributed by atoms with Crippen LogP contribution in [0, 0.1) is 0 Å². The molecule has 6 heteroatoms. The summed E-state index contributed by atoms with van der Waals surface area (Å²) < 4.78 is 11.6. The normalized spacial score (nSPS) is 10.5. The largest absolute Gasteiger partial charge is 0.492 e. The first-order valence-corrected chi connectivity index (χ1v) is 7.74. The van der Waals surface area contributed by atoms with E-state index in [4.69, 9.17) is 9.47 Å². The maximum Gasteiger partial charge on any atom is 0.298 e. The fourth-order valence-electron chi connectivity index (χ4n) is 2.75. The molecule has 0 aliphatic rings. The summed E-state index contributed by atoms with van der Waals surface area (Å²) in [4.78, 5) is 23.1. The zero-order valence-corrected chi connectivity index (χ0v) is 14.0. The number of benzene rings is 2. The predicted octanol–water partition coefficient (Wildman–Crippen LogP) is 2.69. The Morgan fingerprint density at radius 1 is 1.12 bits per heavy atom. The standard InChI is InChI=1S/C19H18N2O4/c1-21-16-10-14(20-11-13-6-4-3-5-7-13)8-9-15(16)17(24-2)18(19(21)23)25-12-22/h3-10,12,20H,11H2,1-2H3. The molecule has 3 aromatic rings. The highest BCUT2D eigenvalue weighted by Gasteiger charge is 2.17. The summed E-state index contributed by atoms with van der Waals surface area (Å²) in [5.41, 5.74) is 2.27. The van der Waals surface area contributed by atoms with Gasteiger partial charge >= 0.3 is 0 Å². The number of methoxy groups -OCH3 is 1. The lowest BCUT2D eigenvalue weighted by Crippen LogP contribution is -2.20. The molecule has 0 atom stereocenters. The van der Waals surface area contributed by atoms with Crippen molar-refractivity contribution >= 4 is 23.1 Å². The van der Waals surface area contributed by atoms with Gasteiger partial charge in [0.2, 0.25) is 5.75 Å². The Kier molecular flexibility index (Phi) is 4.70. The maximum absolute atomic E-state index is 12.4. The molecule has 0 saturated heterocycles. The minimum Gasteiger partial charge on any atom is -0.492 e. The highest BCUT2D eigenvalue weighted by molar-refractivity contribution is 5.90. The van der Waals surface area contributed by atoms with E-state index < -0.39 is 5.56 Å². The van der Waals surface area contributed by atoms with Crippen LogP contribution < -0.4 is 20.3 Å². The molecule has 128 valence electrons. The molecule has 1 heterocycles. The summed E-state index contributed by atoms with van der Waals surface area (Å²) in [6.07, 6.45) is 0. The Morgan fingerprint density at radius 2 is 1.88 bits per heavy atom. The Labute approximate surface area is 144 Å². The summed E-state index contributed by atoms with van der Waals surface area (Å²) in [5.74, 6) is 0.136. The zero-order chi connectivity index (χ0) is 17.8. The van der Waals surface area contributed by atoms with Gasteiger partial charge in [0, 0.05) is 24.7 Å². The molecule has 0 fully saturated rings. The van der Waals surface area contributed by atoms with Gasteiger partial charge in [-0.1, -0.05) is 30.3 Å². The molecule has 2 aromatic carbocycles. The molecule has 6 nitrogen and oxygen atoms in total. The van der Waals surface area contributed by atoms with Crippen LogP contribution in [0.15, 0.2) is 53.3 Å². The summed E-state index contributed by atoms with van der Waals surface area (Å²) in [7, 11) is 3.07. The van der Waals surface area contributed by atoms with Crippen LogP contribution in [0.1, 0.15) is 5.56 Å². The lowest BCUT2D eigenvalue weighted by Gasteiger charge is -2.14. The van der Waals surface area contributed by atoms with Crippen molar-refractivity contribution < 1.29 is 14.3 Å². The lowest BCUT2D eigenvalue weighted by molar-refractivity contribution is -0.120. The number of hydrogen-bond acceptors (Lipinski definition) is 5. The van der Waals surface area contributed by atoms with Crippen molar-refractivity contribution in [2.45, 2.75) is 6.54 Å². The van der Waals surface area contributed by atoms with Crippen molar-refractivity contribution in [3.8, 4) is 11.5 Å². The third-order valence-corrected chi connectivity index (χ3v) is 4.02. The summed E-state index contributed by atoms with van der Waals surface area (Å²) in [5, 5.41) is 4.02. The van der Waals surface area contributed by atoms with Crippen molar-refractivity contribution in [1.82, 2.24) is 4.57 Å². The smallest absolute Gasteiger partial charge is 0.298 e. The van der Waals surface area contributed by atoms with E-state index in [-0.39, 0.29) is 18.0 Å². The molecule has 0 aliphatic heterocycles. The van der Waals surface area contributed by atoms with E-state index in [1.807, 2.05) is 48.5 Å². The van der Waals surface area contributed by atoms with Crippen LogP contribution in [-0.2, 0) is 18.4 Å².